The van der Waals surface area contributed by atoms with Crippen LogP contribution in [0.5, 0.6) is 0 Å². The molecule has 1 aromatic heterocycles. The van der Waals surface area contributed by atoms with Gasteiger partial charge in [-0.2, -0.15) is 4.73 Å². The topological polar surface area (TPSA) is 26.9 Å². The van der Waals surface area contributed by atoms with Gasteiger partial charge in [0, 0.05) is 23.4 Å². The number of nitrogens with zero attached hydrogens (tertiary/aromatic N) is 1. The van der Waals surface area contributed by atoms with Crippen molar-refractivity contribution >= 4 is 22.5 Å². The molecule has 0 fully saturated rings. The van der Waals surface area contributed by atoms with Crippen molar-refractivity contribution in [2.24, 2.45) is 0 Å². The molecule has 1 heterocycles. The zero-order chi connectivity index (χ0) is 14.3. The van der Waals surface area contributed by atoms with Crippen molar-refractivity contribution in [1.29, 1.82) is 0 Å². The van der Waals surface area contributed by atoms with Crippen molar-refractivity contribution in [3.05, 3.63) is 70.0 Å². The van der Waals surface area contributed by atoms with E-state index in [1.54, 1.807) is 0 Å². The van der Waals surface area contributed by atoms with Crippen LogP contribution >= 0.6 is 11.6 Å². The van der Waals surface area contributed by atoms with E-state index in [0.29, 0.717) is 16.2 Å². The van der Waals surface area contributed by atoms with Gasteiger partial charge in [-0.1, -0.05) is 23.7 Å². The van der Waals surface area contributed by atoms with E-state index in [4.69, 9.17) is 11.6 Å². The first kappa shape index (κ1) is 12.9. The molecule has 0 radical (unpaired) electrons. The first-order chi connectivity index (χ1) is 9.56. The average molecular weight is 284 g/mol. The van der Waals surface area contributed by atoms with E-state index in [-0.39, 0.29) is 0 Å². The minimum atomic E-state index is 0.691. The third kappa shape index (κ3) is 2.12. The van der Waals surface area contributed by atoms with Crippen LogP contribution in [0.1, 0.15) is 11.3 Å². The van der Waals surface area contributed by atoms with E-state index in [1.807, 2.05) is 62.4 Å². The molecule has 3 heteroatoms. The highest BCUT2D eigenvalue weighted by Crippen LogP contribution is 2.29. The summed E-state index contributed by atoms with van der Waals surface area (Å²) in [5, 5.41) is 14.0. The quantitative estimate of drug-likeness (QED) is 0.480. The number of aryl methyl sites for hydroxylation is 2. The van der Waals surface area contributed by atoms with Crippen LogP contribution < -0.4 is 4.73 Å². The molecule has 0 bridgehead atoms. The van der Waals surface area contributed by atoms with Crippen molar-refractivity contribution in [1.82, 2.24) is 0 Å². The first-order valence-corrected chi connectivity index (χ1v) is 6.83. The monoisotopic (exact) mass is 283 g/mol. The maximum atomic E-state index is 12.4. The molecule has 100 valence electrons. The van der Waals surface area contributed by atoms with Gasteiger partial charge >= 0.3 is 0 Å². The molecule has 20 heavy (non-hydrogen) atoms. The number of rotatable bonds is 1. The van der Waals surface area contributed by atoms with E-state index in [9.17, 15) is 5.21 Å². The molecule has 0 amide bonds. The lowest BCUT2D eigenvalue weighted by Gasteiger charge is -2.10. The van der Waals surface area contributed by atoms with E-state index >= 15 is 0 Å². The highest BCUT2D eigenvalue weighted by molar-refractivity contribution is 6.30. The van der Waals surface area contributed by atoms with Gasteiger partial charge in [-0.05, 0) is 48.4 Å². The fraction of sp³-hybridized carbons (Fsp3) is 0.118. The normalized spacial score (nSPS) is 10.9. The van der Waals surface area contributed by atoms with Gasteiger partial charge in [0.2, 0.25) is 5.52 Å². The zero-order valence-electron chi connectivity index (χ0n) is 11.4. The number of aromatic nitrogens is 1. The van der Waals surface area contributed by atoms with Crippen LogP contribution in [-0.4, -0.2) is 0 Å². The molecule has 3 aromatic rings. The molecule has 0 spiro atoms. The predicted molar refractivity (Wildman–Crippen MR) is 82.8 cm³/mol. The Morgan fingerprint density at radius 2 is 1.65 bits per heavy atom. The summed E-state index contributed by atoms with van der Waals surface area (Å²) in [4.78, 5) is 0. The van der Waals surface area contributed by atoms with Gasteiger partial charge in [-0.3, -0.25) is 0 Å². The fourth-order valence-corrected chi connectivity index (χ4v) is 2.59. The Kier molecular flexibility index (Phi) is 3.11. The van der Waals surface area contributed by atoms with E-state index in [0.717, 1.165) is 26.8 Å². The second-order valence-electron chi connectivity index (χ2n) is 5.03. The van der Waals surface area contributed by atoms with Gasteiger partial charge in [0.25, 0.3) is 0 Å². The molecule has 0 aliphatic heterocycles. The Morgan fingerprint density at radius 3 is 2.35 bits per heavy atom. The number of benzene rings is 2. The van der Waals surface area contributed by atoms with Gasteiger partial charge in [0.15, 0.2) is 5.69 Å². The summed E-state index contributed by atoms with van der Waals surface area (Å²) in [7, 11) is 0. The van der Waals surface area contributed by atoms with Crippen LogP contribution in [0.3, 0.4) is 0 Å². The Balaban J connectivity index is 2.39. The van der Waals surface area contributed by atoms with Crippen molar-refractivity contribution in [3.63, 3.8) is 0 Å². The van der Waals surface area contributed by atoms with Crippen LogP contribution in [0, 0.1) is 19.1 Å². The third-order valence-corrected chi connectivity index (χ3v) is 3.72. The summed E-state index contributed by atoms with van der Waals surface area (Å²) in [5.41, 5.74) is 4.47. The Labute approximate surface area is 122 Å². The van der Waals surface area contributed by atoms with Crippen LogP contribution in [0.4, 0.5) is 0 Å². The summed E-state index contributed by atoms with van der Waals surface area (Å²) < 4.78 is 0.999. The molecule has 0 aliphatic carbocycles. The minimum Gasteiger partial charge on any atom is -0.618 e. The average Bonchev–Trinajstić information content (AvgIpc) is 2.43. The number of hydrogen-bond acceptors (Lipinski definition) is 1. The minimum absolute atomic E-state index is 0.691. The lowest BCUT2D eigenvalue weighted by atomic mass is 9.99. The molecule has 0 atom stereocenters. The molecule has 0 saturated carbocycles. The maximum Gasteiger partial charge on any atom is 0.231 e. The fourth-order valence-electron chi connectivity index (χ4n) is 2.46. The van der Waals surface area contributed by atoms with E-state index in [2.05, 4.69) is 0 Å². The van der Waals surface area contributed by atoms with Crippen molar-refractivity contribution in [2.75, 3.05) is 0 Å². The van der Waals surface area contributed by atoms with E-state index < -0.39 is 0 Å². The van der Waals surface area contributed by atoms with Gasteiger partial charge in [0.05, 0.1) is 5.56 Å². The van der Waals surface area contributed by atoms with Crippen LogP contribution in [0.2, 0.25) is 5.02 Å². The van der Waals surface area contributed by atoms with Crippen molar-refractivity contribution in [3.8, 4) is 11.1 Å². The van der Waals surface area contributed by atoms with Crippen LogP contribution in [0.15, 0.2) is 48.5 Å². The molecule has 2 nitrogen and oxygen atoms in total. The summed E-state index contributed by atoms with van der Waals surface area (Å²) in [6.07, 6.45) is 0. The summed E-state index contributed by atoms with van der Waals surface area (Å²) in [6, 6.07) is 15.5. The van der Waals surface area contributed by atoms with Gasteiger partial charge in [0.1, 0.15) is 0 Å². The first-order valence-electron chi connectivity index (χ1n) is 6.46. The van der Waals surface area contributed by atoms with Crippen molar-refractivity contribution < 1.29 is 4.73 Å². The Morgan fingerprint density at radius 1 is 0.950 bits per heavy atom. The van der Waals surface area contributed by atoms with Crippen molar-refractivity contribution in [2.45, 2.75) is 13.8 Å². The molecule has 0 unspecified atom stereocenters. The molecule has 0 saturated heterocycles. The SMILES string of the molecule is Cc1cc(-c2ccc(Cl)cc2)c2c(ccc(C)[n+]2[O-])c1. The maximum absolute atomic E-state index is 12.4. The second kappa shape index (κ2) is 4.80. The molecule has 3 rings (SSSR count). The Hall–Kier alpha value is -2.06. The lowest BCUT2D eigenvalue weighted by Crippen LogP contribution is -2.31. The zero-order valence-corrected chi connectivity index (χ0v) is 12.1. The highest BCUT2D eigenvalue weighted by atomic mass is 35.5. The molecular formula is C17H14ClNO. The lowest BCUT2D eigenvalue weighted by molar-refractivity contribution is -0.583. The van der Waals surface area contributed by atoms with Gasteiger partial charge in [-0.25, -0.2) is 0 Å². The van der Waals surface area contributed by atoms with Crippen LogP contribution in [-0.2, 0) is 0 Å². The third-order valence-electron chi connectivity index (χ3n) is 3.47. The molecule has 0 N–H and O–H groups in total. The predicted octanol–water partition coefficient (Wildman–Crippen LogP) is 4.41. The Bertz CT molecular complexity index is 794. The highest BCUT2D eigenvalue weighted by Gasteiger charge is 2.14. The van der Waals surface area contributed by atoms with Gasteiger partial charge < -0.3 is 5.21 Å². The number of hydrogen-bond donors (Lipinski definition) is 0. The van der Waals surface area contributed by atoms with Gasteiger partial charge in [-0.15, -0.1) is 0 Å². The molecule has 0 aliphatic rings. The van der Waals surface area contributed by atoms with E-state index in [1.165, 1.54) is 0 Å². The molecule has 2 aromatic carbocycles. The summed E-state index contributed by atoms with van der Waals surface area (Å²) in [6.45, 7) is 3.85. The van der Waals surface area contributed by atoms with Crippen LogP contribution in [0.25, 0.3) is 22.0 Å². The molecular weight excluding hydrogens is 270 g/mol. The largest absolute Gasteiger partial charge is 0.618 e. The second-order valence-corrected chi connectivity index (χ2v) is 5.46. The standard InChI is InChI=1S/C17H14ClNO/c1-11-9-14-4-3-12(2)19(20)17(14)16(10-11)13-5-7-15(18)8-6-13/h3-10H,1-2H3. The number of fused-ring (bicyclic) bond motifs is 1. The smallest absolute Gasteiger partial charge is 0.231 e. The summed E-state index contributed by atoms with van der Waals surface area (Å²) >= 11 is 5.94. The number of halogens is 1. The number of pyridine rings is 1. The summed E-state index contributed by atoms with van der Waals surface area (Å²) in [5.74, 6) is 0.